The van der Waals surface area contributed by atoms with Gasteiger partial charge in [0.25, 0.3) is 5.56 Å². The highest BCUT2D eigenvalue weighted by Gasteiger charge is 2.05. The molecule has 2 rings (SSSR count). The molecule has 0 spiro atoms. The lowest BCUT2D eigenvalue weighted by Crippen LogP contribution is -2.10. The van der Waals surface area contributed by atoms with Crippen LogP contribution in [0.4, 0.5) is 0 Å². The van der Waals surface area contributed by atoms with Crippen molar-refractivity contribution in [1.82, 2.24) is 9.97 Å². The van der Waals surface area contributed by atoms with Gasteiger partial charge in [-0.25, -0.2) is 4.98 Å². The second kappa shape index (κ2) is 3.46. The fourth-order valence-electron chi connectivity index (χ4n) is 1.38. The predicted molar refractivity (Wildman–Crippen MR) is 55.0 cm³/mol. The summed E-state index contributed by atoms with van der Waals surface area (Å²) in [6, 6.07) is 7.70. The largest absolute Gasteiger partial charge is 0.326 e. The normalized spacial score (nSPS) is 10.1. The standard InChI is InChI=1S/C11H10N2O/c1-8-4-2-3-5-9(8)10-11(14)13-7-6-12-10/h2-7H,1H3,(H,13,14). The molecule has 0 saturated heterocycles. The Bertz CT molecular complexity index is 502. The average Bonchev–Trinajstić information content (AvgIpc) is 2.20. The van der Waals surface area contributed by atoms with Gasteiger partial charge >= 0.3 is 0 Å². The van der Waals surface area contributed by atoms with Crippen LogP contribution in [0.3, 0.4) is 0 Å². The molecule has 0 radical (unpaired) electrons. The van der Waals surface area contributed by atoms with E-state index in [1.807, 2.05) is 31.2 Å². The van der Waals surface area contributed by atoms with Crippen LogP contribution in [0.25, 0.3) is 11.3 Å². The summed E-state index contributed by atoms with van der Waals surface area (Å²) in [6.45, 7) is 1.96. The highest BCUT2D eigenvalue weighted by Crippen LogP contribution is 2.16. The fourth-order valence-corrected chi connectivity index (χ4v) is 1.38. The van der Waals surface area contributed by atoms with Crippen LogP contribution in [-0.2, 0) is 0 Å². The molecule has 1 heterocycles. The minimum absolute atomic E-state index is 0.151. The molecule has 3 nitrogen and oxygen atoms in total. The molecule has 0 aliphatic carbocycles. The first kappa shape index (κ1) is 8.69. The van der Waals surface area contributed by atoms with Crippen molar-refractivity contribution in [2.45, 2.75) is 6.92 Å². The molecule has 2 aromatic rings. The Hall–Kier alpha value is -1.90. The first-order valence-corrected chi connectivity index (χ1v) is 4.39. The summed E-state index contributed by atoms with van der Waals surface area (Å²) >= 11 is 0. The molecular weight excluding hydrogens is 176 g/mol. The van der Waals surface area contributed by atoms with Crippen LogP contribution in [0.2, 0.25) is 0 Å². The van der Waals surface area contributed by atoms with Crippen molar-refractivity contribution >= 4 is 0 Å². The lowest BCUT2D eigenvalue weighted by molar-refractivity contribution is 1.14. The summed E-state index contributed by atoms with van der Waals surface area (Å²) in [5, 5.41) is 0. The van der Waals surface area contributed by atoms with Crippen LogP contribution in [0.5, 0.6) is 0 Å². The van der Waals surface area contributed by atoms with Gasteiger partial charge in [0.15, 0.2) is 0 Å². The Morgan fingerprint density at radius 1 is 1.29 bits per heavy atom. The number of nitrogens with one attached hydrogen (secondary N) is 1. The van der Waals surface area contributed by atoms with Gasteiger partial charge < -0.3 is 4.98 Å². The minimum Gasteiger partial charge on any atom is -0.326 e. The molecule has 70 valence electrons. The number of hydrogen-bond donors (Lipinski definition) is 1. The molecule has 14 heavy (non-hydrogen) atoms. The molecule has 0 amide bonds. The Morgan fingerprint density at radius 3 is 2.79 bits per heavy atom. The smallest absolute Gasteiger partial charge is 0.274 e. The lowest BCUT2D eigenvalue weighted by Gasteiger charge is -2.02. The van der Waals surface area contributed by atoms with E-state index in [0.717, 1.165) is 11.1 Å². The third kappa shape index (κ3) is 1.44. The van der Waals surface area contributed by atoms with Gasteiger partial charge in [0.1, 0.15) is 5.69 Å². The van der Waals surface area contributed by atoms with E-state index in [1.165, 1.54) is 6.20 Å². The molecule has 3 heteroatoms. The number of benzene rings is 1. The lowest BCUT2D eigenvalue weighted by atomic mass is 10.1. The van der Waals surface area contributed by atoms with Gasteiger partial charge in [-0.2, -0.15) is 0 Å². The van der Waals surface area contributed by atoms with Crippen molar-refractivity contribution < 1.29 is 0 Å². The van der Waals surface area contributed by atoms with Crippen molar-refractivity contribution in [3.05, 3.63) is 52.6 Å². The molecule has 0 aliphatic heterocycles. The molecule has 0 unspecified atom stereocenters. The van der Waals surface area contributed by atoms with Crippen molar-refractivity contribution in [2.24, 2.45) is 0 Å². The molecule has 0 atom stereocenters. The number of H-pyrrole nitrogens is 1. The van der Waals surface area contributed by atoms with Gasteiger partial charge in [-0.3, -0.25) is 4.79 Å². The quantitative estimate of drug-likeness (QED) is 0.737. The van der Waals surface area contributed by atoms with Crippen LogP contribution in [0.1, 0.15) is 5.56 Å². The van der Waals surface area contributed by atoms with E-state index in [2.05, 4.69) is 9.97 Å². The number of rotatable bonds is 1. The van der Waals surface area contributed by atoms with Gasteiger partial charge in [0.2, 0.25) is 0 Å². The van der Waals surface area contributed by atoms with E-state index in [4.69, 9.17) is 0 Å². The highest BCUT2D eigenvalue weighted by molar-refractivity contribution is 5.61. The molecule has 1 aromatic carbocycles. The van der Waals surface area contributed by atoms with Crippen molar-refractivity contribution in [2.75, 3.05) is 0 Å². The molecule has 1 aromatic heterocycles. The molecule has 1 N–H and O–H groups in total. The van der Waals surface area contributed by atoms with E-state index in [-0.39, 0.29) is 5.56 Å². The molecular formula is C11H10N2O. The molecule has 0 fully saturated rings. The Balaban J connectivity index is 2.67. The van der Waals surface area contributed by atoms with Crippen LogP contribution in [0, 0.1) is 6.92 Å². The first-order valence-electron chi connectivity index (χ1n) is 4.39. The van der Waals surface area contributed by atoms with E-state index in [9.17, 15) is 4.79 Å². The summed E-state index contributed by atoms with van der Waals surface area (Å²) in [6.07, 6.45) is 3.12. The van der Waals surface area contributed by atoms with Crippen molar-refractivity contribution in [3.8, 4) is 11.3 Å². The van der Waals surface area contributed by atoms with Gasteiger partial charge in [-0.15, -0.1) is 0 Å². The molecule has 0 bridgehead atoms. The SMILES string of the molecule is Cc1ccccc1-c1ncc[nH]c1=O. The highest BCUT2D eigenvalue weighted by atomic mass is 16.1. The maximum Gasteiger partial charge on any atom is 0.274 e. The van der Waals surface area contributed by atoms with Crippen molar-refractivity contribution in [3.63, 3.8) is 0 Å². The van der Waals surface area contributed by atoms with Gasteiger partial charge in [-0.05, 0) is 12.5 Å². The maximum absolute atomic E-state index is 11.5. The third-order valence-electron chi connectivity index (χ3n) is 2.11. The molecule has 0 saturated carbocycles. The Kier molecular flexibility index (Phi) is 2.14. The number of hydrogen-bond acceptors (Lipinski definition) is 2. The van der Waals surface area contributed by atoms with E-state index in [1.54, 1.807) is 6.20 Å². The Morgan fingerprint density at radius 2 is 2.07 bits per heavy atom. The van der Waals surface area contributed by atoms with Crippen LogP contribution < -0.4 is 5.56 Å². The van der Waals surface area contributed by atoms with Gasteiger partial charge in [-0.1, -0.05) is 24.3 Å². The second-order valence-corrected chi connectivity index (χ2v) is 3.08. The van der Waals surface area contributed by atoms with Gasteiger partial charge in [0.05, 0.1) is 0 Å². The predicted octanol–water partition coefficient (Wildman–Crippen LogP) is 1.75. The average molecular weight is 186 g/mol. The number of nitrogens with zero attached hydrogens (tertiary/aromatic N) is 1. The maximum atomic E-state index is 11.5. The van der Waals surface area contributed by atoms with E-state index < -0.39 is 0 Å². The van der Waals surface area contributed by atoms with Crippen molar-refractivity contribution in [1.29, 1.82) is 0 Å². The zero-order valence-corrected chi connectivity index (χ0v) is 7.82. The summed E-state index contributed by atoms with van der Waals surface area (Å²) < 4.78 is 0. The van der Waals surface area contributed by atoms with E-state index >= 15 is 0 Å². The summed E-state index contributed by atoms with van der Waals surface area (Å²) in [5.41, 5.74) is 2.26. The minimum atomic E-state index is -0.151. The number of aryl methyl sites for hydroxylation is 1. The summed E-state index contributed by atoms with van der Waals surface area (Å²) in [4.78, 5) is 18.1. The second-order valence-electron chi connectivity index (χ2n) is 3.08. The van der Waals surface area contributed by atoms with E-state index in [0.29, 0.717) is 5.69 Å². The monoisotopic (exact) mass is 186 g/mol. The van der Waals surface area contributed by atoms with Crippen LogP contribution in [0.15, 0.2) is 41.5 Å². The van der Waals surface area contributed by atoms with Crippen LogP contribution in [-0.4, -0.2) is 9.97 Å². The zero-order valence-electron chi connectivity index (χ0n) is 7.82. The fraction of sp³-hybridized carbons (Fsp3) is 0.0909. The van der Waals surface area contributed by atoms with Crippen LogP contribution >= 0.6 is 0 Å². The summed E-state index contributed by atoms with van der Waals surface area (Å²) in [5.74, 6) is 0. The topological polar surface area (TPSA) is 45.8 Å². The summed E-state index contributed by atoms with van der Waals surface area (Å²) in [7, 11) is 0. The zero-order chi connectivity index (χ0) is 9.97. The first-order chi connectivity index (χ1) is 6.79. The van der Waals surface area contributed by atoms with Gasteiger partial charge in [0, 0.05) is 18.0 Å². The Labute approximate surface area is 81.5 Å². The number of aromatic nitrogens is 2. The number of aromatic amines is 1. The molecule has 0 aliphatic rings. The third-order valence-corrected chi connectivity index (χ3v) is 2.11.